The summed E-state index contributed by atoms with van der Waals surface area (Å²) in [5.41, 5.74) is 3.08. The first-order chi connectivity index (χ1) is 12.2. The van der Waals surface area contributed by atoms with E-state index in [9.17, 15) is 0 Å². The zero-order valence-electron chi connectivity index (χ0n) is 13.9. The Hall–Kier alpha value is -3.42. The Kier molecular flexibility index (Phi) is 3.77. The molecule has 0 bridgehead atoms. The van der Waals surface area contributed by atoms with Crippen molar-refractivity contribution in [2.24, 2.45) is 0 Å². The third-order valence-corrected chi connectivity index (χ3v) is 3.78. The molecule has 3 aromatic heterocycles. The standard InChI is InChI=1S/C17H16N8/c1-3-14-21-17-23-22-15(11(2)25(17)24-14)13-9-10-18-16(20-13)19-12-7-5-4-6-8-12/h4-10H,3H2,1-2H3,(H,18,19,20). The van der Waals surface area contributed by atoms with Gasteiger partial charge in [0.2, 0.25) is 5.95 Å². The molecular formula is C17H16N8. The maximum absolute atomic E-state index is 4.55. The van der Waals surface area contributed by atoms with Gasteiger partial charge in [0, 0.05) is 18.3 Å². The number of aromatic nitrogens is 7. The molecule has 1 aromatic carbocycles. The molecule has 0 saturated heterocycles. The molecule has 25 heavy (non-hydrogen) atoms. The predicted molar refractivity (Wildman–Crippen MR) is 93.4 cm³/mol. The molecule has 0 aliphatic carbocycles. The fourth-order valence-electron chi connectivity index (χ4n) is 2.49. The SMILES string of the molecule is CCc1nc2nnc(-c3ccnc(Nc4ccccc4)n3)c(C)n2n1. The quantitative estimate of drug-likeness (QED) is 0.614. The lowest BCUT2D eigenvalue weighted by molar-refractivity contribution is 0.827. The van der Waals surface area contributed by atoms with Crippen LogP contribution in [0.3, 0.4) is 0 Å². The molecule has 1 N–H and O–H groups in total. The van der Waals surface area contributed by atoms with E-state index >= 15 is 0 Å². The van der Waals surface area contributed by atoms with E-state index in [0.717, 1.165) is 23.6 Å². The highest BCUT2D eigenvalue weighted by Crippen LogP contribution is 2.20. The van der Waals surface area contributed by atoms with Crippen LogP contribution in [0.4, 0.5) is 11.6 Å². The number of para-hydroxylation sites is 1. The van der Waals surface area contributed by atoms with Crippen molar-refractivity contribution >= 4 is 17.4 Å². The van der Waals surface area contributed by atoms with Crippen LogP contribution in [0.25, 0.3) is 17.2 Å². The molecule has 8 heteroatoms. The second kappa shape index (κ2) is 6.23. The lowest BCUT2D eigenvalue weighted by Crippen LogP contribution is -2.05. The van der Waals surface area contributed by atoms with Crippen LogP contribution >= 0.6 is 0 Å². The summed E-state index contributed by atoms with van der Waals surface area (Å²) in [4.78, 5) is 13.1. The minimum absolute atomic E-state index is 0.495. The van der Waals surface area contributed by atoms with Gasteiger partial charge < -0.3 is 5.32 Å². The van der Waals surface area contributed by atoms with Crippen LogP contribution in [0.1, 0.15) is 18.4 Å². The molecule has 4 aromatic rings. The highest BCUT2D eigenvalue weighted by molar-refractivity contribution is 5.60. The second-order valence-electron chi connectivity index (χ2n) is 5.48. The molecule has 0 fully saturated rings. The van der Waals surface area contributed by atoms with E-state index in [2.05, 4.69) is 35.6 Å². The number of nitrogens with zero attached hydrogens (tertiary/aromatic N) is 7. The molecule has 0 amide bonds. The minimum Gasteiger partial charge on any atom is -0.324 e. The van der Waals surface area contributed by atoms with Crippen LogP contribution in [-0.2, 0) is 6.42 Å². The Bertz CT molecular complexity index is 1030. The summed E-state index contributed by atoms with van der Waals surface area (Å²) in [7, 11) is 0. The maximum atomic E-state index is 4.55. The fraction of sp³-hybridized carbons (Fsp3) is 0.176. The van der Waals surface area contributed by atoms with Crippen LogP contribution in [0, 0.1) is 6.92 Å². The van der Waals surface area contributed by atoms with E-state index in [0.29, 0.717) is 23.1 Å². The van der Waals surface area contributed by atoms with Gasteiger partial charge in [0.05, 0.1) is 11.4 Å². The molecule has 0 aliphatic heterocycles. The fourth-order valence-corrected chi connectivity index (χ4v) is 2.49. The first-order valence-electron chi connectivity index (χ1n) is 7.99. The van der Waals surface area contributed by atoms with Crippen molar-refractivity contribution in [2.45, 2.75) is 20.3 Å². The summed E-state index contributed by atoms with van der Waals surface area (Å²) in [6, 6.07) is 11.6. The molecule has 0 saturated carbocycles. The molecular weight excluding hydrogens is 316 g/mol. The van der Waals surface area contributed by atoms with E-state index < -0.39 is 0 Å². The van der Waals surface area contributed by atoms with Gasteiger partial charge in [0.25, 0.3) is 5.78 Å². The Morgan fingerprint density at radius 1 is 1.04 bits per heavy atom. The van der Waals surface area contributed by atoms with Crippen LogP contribution in [-0.4, -0.2) is 34.8 Å². The van der Waals surface area contributed by atoms with Gasteiger partial charge in [-0.25, -0.2) is 9.97 Å². The van der Waals surface area contributed by atoms with Crippen molar-refractivity contribution in [3.63, 3.8) is 0 Å². The predicted octanol–water partition coefficient (Wildman–Crippen LogP) is 2.59. The largest absolute Gasteiger partial charge is 0.324 e. The number of hydrogen-bond acceptors (Lipinski definition) is 7. The van der Waals surface area contributed by atoms with E-state index in [4.69, 9.17) is 0 Å². The van der Waals surface area contributed by atoms with Gasteiger partial charge in [-0.1, -0.05) is 25.1 Å². The van der Waals surface area contributed by atoms with Gasteiger partial charge in [-0.05, 0) is 25.1 Å². The Morgan fingerprint density at radius 2 is 1.88 bits per heavy atom. The maximum Gasteiger partial charge on any atom is 0.272 e. The molecule has 0 atom stereocenters. The topological polar surface area (TPSA) is 93.8 Å². The molecule has 8 nitrogen and oxygen atoms in total. The van der Waals surface area contributed by atoms with E-state index in [1.54, 1.807) is 16.8 Å². The van der Waals surface area contributed by atoms with Crippen molar-refractivity contribution < 1.29 is 0 Å². The average Bonchev–Trinajstić information content (AvgIpc) is 3.07. The highest BCUT2D eigenvalue weighted by atomic mass is 15.4. The van der Waals surface area contributed by atoms with Crippen molar-refractivity contribution in [3.05, 3.63) is 54.1 Å². The van der Waals surface area contributed by atoms with Crippen LogP contribution in [0.5, 0.6) is 0 Å². The molecule has 124 valence electrons. The highest BCUT2D eigenvalue weighted by Gasteiger charge is 2.14. The van der Waals surface area contributed by atoms with Crippen molar-refractivity contribution in [1.82, 2.24) is 34.8 Å². The number of fused-ring (bicyclic) bond motifs is 1. The Morgan fingerprint density at radius 3 is 2.68 bits per heavy atom. The smallest absolute Gasteiger partial charge is 0.272 e. The van der Waals surface area contributed by atoms with Gasteiger partial charge in [-0.15, -0.1) is 15.3 Å². The number of hydrogen-bond donors (Lipinski definition) is 1. The zero-order valence-corrected chi connectivity index (χ0v) is 13.9. The average molecular weight is 332 g/mol. The van der Waals surface area contributed by atoms with Gasteiger partial charge in [-0.3, -0.25) is 0 Å². The first kappa shape index (κ1) is 15.1. The van der Waals surface area contributed by atoms with Crippen molar-refractivity contribution in [2.75, 3.05) is 5.32 Å². The number of nitrogens with one attached hydrogen (secondary N) is 1. The molecule has 0 spiro atoms. The van der Waals surface area contributed by atoms with E-state index in [1.807, 2.05) is 44.2 Å². The molecule has 4 rings (SSSR count). The van der Waals surface area contributed by atoms with Crippen LogP contribution in [0.2, 0.25) is 0 Å². The number of aryl methyl sites for hydroxylation is 2. The van der Waals surface area contributed by atoms with Gasteiger partial charge in [0.15, 0.2) is 5.82 Å². The molecule has 0 aliphatic rings. The Balaban J connectivity index is 1.73. The Labute approximate surface area is 144 Å². The summed E-state index contributed by atoms with van der Waals surface area (Å²) in [5.74, 6) is 1.73. The first-order valence-corrected chi connectivity index (χ1v) is 7.99. The van der Waals surface area contributed by atoms with Crippen molar-refractivity contribution in [3.8, 4) is 11.4 Å². The van der Waals surface area contributed by atoms with E-state index in [-0.39, 0.29) is 0 Å². The van der Waals surface area contributed by atoms with E-state index in [1.165, 1.54) is 0 Å². The van der Waals surface area contributed by atoms with Gasteiger partial charge in [0.1, 0.15) is 5.69 Å². The number of anilines is 2. The zero-order chi connectivity index (χ0) is 17.2. The van der Waals surface area contributed by atoms with Crippen LogP contribution < -0.4 is 5.32 Å². The minimum atomic E-state index is 0.495. The molecule has 0 unspecified atom stereocenters. The molecule has 0 radical (unpaired) electrons. The summed E-state index contributed by atoms with van der Waals surface area (Å²) >= 11 is 0. The third kappa shape index (κ3) is 2.89. The van der Waals surface area contributed by atoms with Crippen molar-refractivity contribution in [1.29, 1.82) is 0 Å². The normalized spacial score (nSPS) is 11.0. The number of rotatable bonds is 4. The van der Waals surface area contributed by atoms with Crippen LogP contribution in [0.15, 0.2) is 42.6 Å². The lowest BCUT2D eigenvalue weighted by Gasteiger charge is -2.07. The third-order valence-electron chi connectivity index (χ3n) is 3.78. The van der Waals surface area contributed by atoms with Gasteiger partial charge >= 0.3 is 0 Å². The lowest BCUT2D eigenvalue weighted by atomic mass is 10.2. The monoisotopic (exact) mass is 332 g/mol. The molecule has 3 heterocycles. The summed E-state index contributed by atoms with van der Waals surface area (Å²) in [6.07, 6.45) is 2.44. The summed E-state index contributed by atoms with van der Waals surface area (Å²) in [5, 5.41) is 16.1. The summed E-state index contributed by atoms with van der Waals surface area (Å²) in [6.45, 7) is 3.93. The van der Waals surface area contributed by atoms with Gasteiger partial charge in [-0.2, -0.15) is 9.50 Å². The summed E-state index contributed by atoms with van der Waals surface area (Å²) < 4.78 is 1.70. The second-order valence-corrected chi connectivity index (χ2v) is 5.48. The number of benzene rings is 1.